The molecule has 2 aromatic rings. The van der Waals surface area contributed by atoms with Crippen LogP contribution in [0.3, 0.4) is 0 Å². The molecule has 0 atom stereocenters. The maximum atomic E-state index is 10.5. The van der Waals surface area contributed by atoms with Gasteiger partial charge in [0.15, 0.2) is 5.13 Å². The number of amides is 1. The van der Waals surface area contributed by atoms with Gasteiger partial charge >= 0.3 is 6.09 Å². The van der Waals surface area contributed by atoms with E-state index >= 15 is 0 Å². The lowest BCUT2D eigenvalue weighted by atomic mass is 9.86. The van der Waals surface area contributed by atoms with Gasteiger partial charge in [-0.1, -0.05) is 0 Å². The normalized spacial score (nSPS) is 21.5. The SMILES string of the molecule is O=C(O)NCC1CCC(Nc2nc(-c3nccs3)cs2)CC1. The van der Waals surface area contributed by atoms with Gasteiger partial charge in [0.1, 0.15) is 10.7 Å². The average Bonchev–Trinajstić information content (AvgIpc) is 3.17. The Hall–Kier alpha value is -1.67. The number of thiazole rings is 2. The Labute approximate surface area is 136 Å². The van der Waals surface area contributed by atoms with Gasteiger partial charge in [-0.05, 0) is 31.6 Å². The first-order chi connectivity index (χ1) is 10.7. The molecule has 8 heteroatoms. The van der Waals surface area contributed by atoms with Crippen LogP contribution in [-0.2, 0) is 0 Å². The molecular formula is C14H18N4O2S2. The molecule has 0 aliphatic heterocycles. The molecule has 3 N–H and O–H groups in total. The Bertz CT molecular complexity index is 606. The standard InChI is InChI=1S/C14H18N4O2S2/c19-14(20)16-7-9-1-3-10(4-2-9)17-13-18-11(8-22-13)12-15-5-6-21-12/h5-6,8-10,16H,1-4,7H2,(H,17,18)(H,19,20). The number of nitrogens with one attached hydrogen (secondary N) is 2. The number of carbonyl (C=O) groups is 1. The van der Waals surface area contributed by atoms with E-state index in [4.69, 9.17) is 5.11 Å². The molecule has 1 saturated carbocycles. The molecule has 0 saturated heterocycles. The Morgan fingerprint density at radius 2 is 2.14 bits per heavy atom. The third kappa shape index (κ3) is 3.95. The van der Waals surface area contributed by atoms with Crippen molar-refractivity contribution < 1.29 is 9.90 Å². The predicted molar refractivity (Wildman–Crippen MR) is 88.6 cm³/mol. The number of hydrogen-bond acceptors (Lipinski definition) is 6. The zero-order valence-electron chi connectivity index (χ0n) is 12.0. The predicted octanol–water partition coefficient (Wildman–Crippen LogP) is 3.50. The molecule has 2 heterocycles. The van der Waals surface area contributed by atoms with Crippen molar-refractivity contribution in [2.24, 2.45) is 5.92 Å². The highest BCUT2D eigenvalue weighted by Crippen LogP contribution is 2.30. The zero-order valence-corrected chi connectivity index (χ0v) is 13.6. The number of anilines is 1. The smallest absolute Gasteiger partial charge is 0.404 e. The molecule has 0 bridgehead atoms. The summed E-state index contributed by atoms with van der Waals surface area (Å²) >= 11 is 3.20. The van der Waals surface area contributed by atoms with E-state index in [0.29, 0.717) is 18.5 Å². The van der Waals surface area contributed by atoms with E-state index in [2.05, 4.69) is 20.6 Å². The first kappa shape index (κ1) is 15.2. The number of rotatable bonds is 5. The number of aromatic nitrogens is 2. The molecule has 1 fully saturated rings. The van der Waals surface area contributed by atoms with Crippen molar-refractivity contribution in [3.63, 3.8) is 0 Å². The monoisotopic (exact) mass is 338 g/mol. The van der Waals surface area contributed by atoms with E-state index in [-0.39, 0.29) is 0 Å². The molecule has 1 amide bonds. The van der Waals surface area contributed by atoms with Gasteiger partial charge in [-0.25, -0.2) is 14.8 Å². The molecule has 22 heavy (non-hydrogen) atoms. The van der Waals surface area contributed by atoms with Gasteiger partial charge in [0.2, 0.25) is 0 Å². The Kier molecular flexibility index (Phi) is 4.89. The van der Waals surface area contributed by atoms with Crippen LogP contribution in [-0.4, -0.2) is 33.8 Å². The molecule has 1 aliphatic rings. The van der Waals surface area contributed by atoms with Crippen LogP contribution in [0, 0.1) is 5.92 Å². The molecule has 2 aromatic heterocycles. The number of carboxylic acid groups (broad SMARTS) is 1. The van der Waals surface area contributed by atoms with E-state index in [1.165, 1.54) is 0 Å². The van der Waals surface area contributed by atoms with E-state index in [9.17, 15) is 4.79 Å². The average molecular weight is 338 g/mol. The van der Waals surface area contributed by atoms with Gasteiger partial charge in [0, 0.05) is 29.5 Å². The van der Waals surface area contributed by atoms with Crippen LogP contribution in [0.5, 0.6) is 0 Å². The van der Waals surface area contributed by atoms with Crippen LogP contribution in [0.4, 0.5) is 9.93 Å². The van der Waals surface area contributed by atoms with Crippen molar-refractivity contribution in [2.45, 2.75) is 31.7 Å². The van der Waals surface area contributed by atoms with E-state index in [0.717, 1.165) is 41.5 Å². The summed E-state index contributed by atoms with van der Waals surface area (Å²) in [5.74, 6) is 0.455. The molecule has 0 unspecified atom stereocenters. The van der Waals surface area contributed by atoms with Gasteiger partial charge in [-0.15, -0.1) is 22.7 Å². The minimum atomic E-state index is -0.933. The van der Waals surface area contributed by atoms with Crippen molar-refractivity contribution in [3.05, 3.63) is 17.0 Å². The van der Waals surface area contributed by atoms with Crippen molar-refractivity contribution in [3.8, 4) is 10.7 Å². The fourth-order valence-corrected chi connectivity index (χ4v) is 4.15. The van der Waals surface area contributed by atoms with Gasteiger partial charge in [0.05, 0.1) is 0 Å². The van der Waals surface area contributed by atoms with Crippen molar-refractivity contribution in [1.82, 2.24) is 15.3 Å². The Balaban J connectivity index is 1.48. The van der Waals surface area contributed by atoms with Crippen molar-refractivity contribution in [1.29, 1.82) is 0 Å². The van der Waals surface area contributed by atoms with Gasteiger partial charge in [-0.2, -0.15) is 0 Å². The first-order valence-electron chi connectivity index (χ1n) is 7.29. The third-order valence-corrected chi connectivity index (χ3v) is 5.44. The molecule has 118 valence electrons. The van der Waals surface area contributed by atoms with E-state index in [1.807, 2.05) is 10.8 Å². The molecule has 0 spiro atoms. The molecule has 6 nitrogen and oxygen atoms in total. The largest absolute Gasteiger partial charge is 0.465 e. The molecule has 3 rings (SSSR count). The maximum Gasteiger partial charge on any atom is 0.404 e. The highest BCUT2D eigenvalue weighted by molar-refractivity contribution is 7.15. The topological polar surface area (TPSA) is 87.1 Å². The fourth-order valence-electron chi connectivity index (χ4n) is 2.71. The minimum absolute atomic E-state index is 0.427. The lowest BCUT2D eigenvalue weighted by molar-refractivity contribution is 0.190. The molecule has 0 aromatic carbocycles. The van der Waals surface area contributed by atoms with Gasteiger partial charge in [-0.3, -0.25) is 0 Å². The highest BCUT2D eigenvalue weighted by Gasteiger charge is 2.22. The highest BCUT2D eigenvalue weighted by atomic mass is 32.1. The molecule has 0 radical (unpaired) electrons. The Morgan fingerprint density at radius 1 is 1.32 bits per heavy atom. The van der Waals surface area contributed by atoms with Crippen LogP contribution in [0.15, 0.2) is 17.0 Å². The third-order valence-electron chi connectivity index (χ3n) is 3.87. The summed E-state index contributed by atoms with van der Waals surface area (Å²) < 4.78 is 0. The van der Waals surface area contributed by atoms with E-state index in [1.54, 1.807) is 28.9 Å². The maximum absolute atomic E-state index is 10.5. The minimum Gasteiger partial charge on any atom is -0.465 e. The summed E-state index contributed by atoms with van der Waals surface area (Å²) in [6, 6.07) is 0.427. The van der Waals surface area contributed by atoms with Gasteiger partial charge < -0.3 is 15.7 Å². The van der Waals surface area contributed by atoms with Gasteiger partial charge in [0.25, 0.3) is 0 Å². The summed E-state index contributed by atoms with van der Waals surface area (Å²) in [6.07, 6.45) is 5.05. The summed E-state index contributed by atoms with van der Waals surface area (Å²) in [5.41, 5.74) is 0.932. The molecule has 1 aliphatic carbocycles. The number of nitrogens with zero attached hydrogens (tertiary/aromatic N) is 2. The Morgan fingerprint density at radius 3 is 2.82 bits per heavy atom. The van der Waals surface area contributed by atoms with Crippen LogP contribution in [0.1, 0.15) is 25.7 Å². The summed E-state index contributed by atoms with van der Waals surface area (Å²) in [7, 11) is 0. The second-order valence-electron chi connectivity index (χ2n) is 5.42. The number of hydrogen-bond donors (Lipinski definition) is 3. The van der Waals surface area contributed by atoms with Crippen LogP contribution in [0.2, 0.25) is 0 Å². The first-order valence-corrected chi connectivity index (χ1v) is 9.05. The van der Waals surface area contributed by atoms with Crippen molar-refractivity contribution >= 4 is 33.9 Å². The summed E-state index contributed by atoms with van der Waals surface area (Å²) in [4.78, 5) is 19.4. The van der Waals surface area contributed by atoms with Crippen molar-refractivity contribution in [2.75, 3.05) is 11.9 Å². The fraction of sp³-hybridized carbons (Fsp3) is 0.500. The second kappa shape index (κ2) is 7.06. The van der Waals surface area contributed by atoms with Crippen LogP contribution >= 0.6 is 22.7 Å². The second-order valence-corrected chi connectivity index (χ2v) is 7.18. The summed E-state index contributed by atoms with van der Waals surface area (Å²) in [6.45, 7) is 0.563. The molecular weight excluding hydrogens is 320 g/mol. The summed E-state index contributed by atoms with van der Waals surface area (Å²) in [5, 5.41) is 20.5. The zero-order chi connectivity index (χ0) is 15.4. The van der Waals surface area contributed by atoms with Crippen LogP contribution < -0.4 is 10.6 Å². The quantitative estimate of drug-likeness (QED) is 0.776. The van der Waals surface area contributed by atoms with Crippen LogP contribution in [0.25, 0.3) is 10.7 Å². The van der Waals surface area contributed by atoms with E-state index < -0.39 is 6.09 Å². The lowest BCUT2D eigenvalue weighted by Gasteiger charge is -2.28. The lowest BCUT2D eigenvalue weighted by Crippen LogP contribution is -2.33.